The number of nitrogens with zero attached hydrogens (tertiary/aromatic N) is 6. The number of carbonyl (C=O) groups excluding carboxylic acids is 1. The number of aryl methyl sites for hydroxylation is 1. The minimum absolute atomic E-state index is 0.212. The molecule has 0 aliphatic carbocycles. The van der Waals surface area contributed by atoms with Crippen LogP contribution < -0.4 is 5.32 Å². The van der Waals surface area contributed by atoms with Crippen molar-refractivity contribution in [1.82, 2.24) is 29.0 Å². The molecule has 0 spiro atoms. The van der Waals surface area contributed by atoms with Crippen molar-refractivity contribution in [2.45, 2.75) is 6.92 Å². The second kappa shape index (κ2) is 5.78. The zero-order chi connectivity index (χ0) is 16.5. The van der Waals surface area contributed by atoms with Gasteiger partial charge in [-0.25, -0.2) is 4.68 Å². The Morgan fingerprint density at radius 3 is 2.83 bits per heavy atom. The Labute approximate surface area is 140 Å². The van der Waals surface area contributed by atoms with Crippen LogP contribution in [0.1, 0.15) is 15.9 Å². The lowest BCUT2D eigenvalue weighted by atomic mass is 10.1. The van der Waals surface area contributed by atoms with Gasteiger partial charge >= 0.3 is 0 Å². The maximum Gasteiger partial charge on any atom is 0.255 e. The van der Waals surface area contributed by atoms with E-state index < -0.39 is 0 Å². The van der Waals surface area contributed by atoms with E-state index in [1.165, 1.54) is 6.33 Å². The summed E-state index contributed by atoms with van der Waals surface area (Å²) in [6, 6.07) is 10.8. The van der Waals surface area contributed by atoms with E-state index in [-0.39, 0.29) is 5.91 Å². The van der Waals surface area contributed by atoms with Crippen LogP contribution in [0, 0.1) is 6.92 Å². The summed E-state index contributed by atoms with van der Waals surface area (Å²) in [5, 5.41) is 14.0. The van der Waals surface area contributed by atoms with Gasteiger partial charge in [0.15, 0.2) is 0 Å². The molecular formula is C15H11N7OS. The molecule has 9 heteroatoms. The van der Waals surface area contributed by atoms with Gasteiger partial charge in [0.1, 0.15) is 17.4 Å². The van der Waals surface area contributed by atoms with Crippen LogP contribution >= 0.6 is 11.7 Å². The number of benzene rings is 2. The van der Waals surface area contributed by atoms with E-state index in [4.69, 9.17) is 0 Å². The normalized spacial score (nSPS) is 10.9. The molecule has 0 saturated heterocycles. The fraction of sp³-hybridized carbons (Fsp3) is 0.0667. The molecule has 1 amide bonds. The van der Waals surface area contributed by atoms with Crippen molar-refractivity contribution in [2.24, 2.45) is 0 Å². The molecule has 2 heterocycles. The molecular weight excluding hydrogens is 326 g/mol. The van der Waals surface area contributed by atoms with Crippen molar-refractivity contribution in [2.75, 3.05) is 5.32 Å². The van der Waals surface area contributed by atoms with Crippen LogP contribution in [0.2, 0.25) is 0 Å². The van der Waals surface area contributed by atoms with Crippen LogP contribution in [0.4, 0.5) is 5.69 Å². The van der Waals surface area contributed by atoms with E-state index in [0.717, 1.165) is 28.5 Å². The number of amides is 1. The number of nitrogens with one attached hydrogen (secondary N) is 1. The Hall–Kier alpha value is -3.20. The summed E-state index contributed by atoms with van der Waals surface area (Å²) < 4.78 is 9.84. The van der Waals surface area contributed by atoms with Crippen molar-refractivity contribution in [1.29, 1.82) is 0 Å². The van der Waals surface area contributed by atoms with E-state index in [0.29, 0.717) is 16.8 Å². The predicted molar refractivity (Wildman–Crippen MR) is 89.3 cm³/mol. The highest BCUT2D eigenvalue weighted by Crippen LogP contribution is 2.20. The van der Waals surface area contributed by atoms with Crippen molar-refractivity contribution >= 4 is 34.4 Å². The second-order valence-corrected chi connectivity index (χ2v) is 5.71. The Morgan fingerprint density at radius 1 is 1.12 bits per heavy atom. The van der Waals surface area contributed by atoms with Gasteiger partial charge in [0.2, 0.25) is 0 Å². The van der Waals surface area contributed by atoms with Gasteiger partial charge in [0, 0.05) is 11.3 Å². The van der Waals surface area contributed by atoms with Crippen LogP contribution in [0.25, 0.3) is 16.7 Å². The average molecular weight is 337 g/mol. The molecule has 0 atom stereocenters. The van der Waals surface area contributed by atoms with Crippen LogP contribution in [0.3, 0.4) is 0 Å². The summed E-state index contributed by atoms with van der Waals surface area (Å²) in [6.07, 6.45) is 1.51. The third kappa shape index (κ3) is 2.61. The van der Waals surface area contributed by atoms with Gasteiger partial charge in [-0.05, 0) is 53.2 Å². The van der Waals surface area contributed by atoms with Crippen molar-refractivity contribution < 1.29 is 4.79 Å². The quantitative estimate of drug-likeness (QED) is 0.615. The van der Waals surface area contributed by atoms with Gasteiger partial charge in [-0.3, -0.25) is 4.79 Å². The minimum Gasteiger partial charge on any atom is -0.322 e. The lowest BCUT2D eigenvalue weighted by molar-refractivity contribution is 0.102. The largest absolute Gasteiger partial charge is 0.322 e. The van der Waals surface area contributed by atoms with E-state index in [1.807, 2.05) is 25.1 Å². The Morgan fingerprint density at radius 2 is 2.00 bits per heavy atom. The zero-order valence-corrected chi connectivity index (χ0v) is 13.4. The number of tetrazole rings is 1. The average Bonchev–Trinajstić information content (AvgIpc) is 3.27. The standard InChI is InChI=1S/C15H11N7OS/c1-9-2-4-11(7-14(9)22-8-16-20-21-22)17-15(23)10-3-5-12-13(6-10)19-24-18-12/h2-8H,1H3,(H,17,23). The monoisotopic (exact) mass is 337 g/mol. The van der Waals surface area contributed by atoms with E-state index in [2.05, 4.69) is 29.6 Å². The summed E-state index contributed by atoms with van der Waals surface area (Å²) in [5.41, 5.74) is 4.48. The summed E-state index contributed by atoms with van der Waals surface area (Å²) in [5.74, 6) is -0.212. The maximum absolute atomic E-state index is 12.5. The molecule has 4 rings (SSSR count). The SMILES string of the molecule is Cc1ccc(NC(=O)c2ccc3nsnc3c2)cc1-n1cnnn1. The van der Waals surface area contributed by atoms with Crippen LogP contribution in [0.15, 0.2) is 42.7 Å². The topological polar surface area (TPSA) is 98.5 Å². The van der Waals surface area contributed by atoms with E-state index in [9.17, 15) is 4.79 Å². The van der Waals surface area contributed by atoms with Crippen molar-refractivity contribution in [3.8, 4) is 5.69 Å². The molecule has 1 N–H and O–H groups in total. The molecule has 24 heavy (non-hydrogen) atoms. The fourth-order valence-corrected chi connectivity index (χ4v) is 2.85. The highest BCUT2D eigenvalue weighted by molar-refractivity contribution is 7.00. The predicted octanol–water partition coefficient (Wildman–Crippen LogP) is 2.23. The highest BCUT2D eigenvalue weighted by Gasteiger charge is 2.10. The number of hydrogen-bond acceptors (Lipinski definition) is 7. The Kier molecular flexibility index (Phi) is 3.47. The van der Waals surface area contributed by atoms with E-state index in [1.54, 1.807) is 22.9 Å². The molecule has 0 aliphatic rings. The first-order valence-electron chi connectivity index (χ1n) is 7.08. The molecule has 0 fully saturated rings. The first-order chi connectivity index (χ1) is 11.7. The van der Waals surface area contributed by atoms with Gasteiger partial charge in [0.05, 0.1) is 17.4 Å². The summed E-state index contributed by atoms with van der Waals surface area (Å²) in [7, 11) is 0. The smallest absolute Gasteiger partial charge is 0.255 e. The lowest BCUT2D eigenvalue weighted by Crippen LogP contribution is -2.12. The molecule has 0 aliphatic heterocycles. The molecule has 0 unspecified atom stereocenters. The summed E-state index contributed by atoms with van der Waals surface area (Å²) in [6.45, 7) is 1.95. The van der Waals surface area contributed by atoms with Gasteiger partial charge in [-0.2, -0.15) is 8.75 Å². The molecule has 8 nitrogen and oxygen atoms in total. The van der Waals surface area contributed by atoms with Gasteiger partial charge < -0.3 is 5.32 Å². The number of aromatic nitrogens is 6. The van der Waals surface area contributed by atoms with Gasteiger partial charge in [-0.15, -0.1) is 5.10 Å². The maximum atomic E-state index is 12.5. The molecule has 2 aromatic carbocycles. The zero-order valence-electron chi connectivity index (χ0n) is 12.5. The first kappa shape index (κ1) is 14.4. The third-order valence-corrected chi connectivity index (χ3v) is 4.14. The van der Waals surface area contributed by atoms with Crippen molar-refractivity contribution in [3.63, 3.8) is 0 Å². The molecule has 0 saturated carbocycles. The summed E-state index contributed by atoms with van der Waals surface area (Å²) >= 11 is 1.13. The highest BCUT2D eigenvalue weighted by atomic mass is 32.1. The number of carbonyl (C=O) groups is 1. The molecule has 4 aromatic rings. The molecule has 2 aromatic heterocycles. The summed E-state index contributed by atoms with van der Waals surface area (Å²) in [4.78, 5) is 12.5. The minimum atomic E-state index is -0.212. The van der Waals surface area contributed by atoms with Crippen LogP contribution in [-0.4, -0.2) is 34.9 Å². The molecule has 0 radical (unpaired) electrons. The molecule has 118 valence electrons. The van der Waals surface area contributed by atoms with Crippen LogP contribution in [-0.2, 0) is 0 Å². The lowest BCUT2D eigenvalue weighted by Gasteiger charge is -2.09. The fourth-order valence-electron chi connectivity index (χ4n) is 2.33. The van der Waals surface area contributed by atoms with Crippen molar-refractivity contribution in [3.05, 3.63) is 53.9 Å². The van der Waals surface area contributed by atoms with Gasteiger partial charge in [0.25, 0.3) is 5.91 Å². The number of rotatable bonds is 3. The van der Waals surface area contributed by atoms with E-state index >= 15 is 0 Å². The Bertz CT molecular complexity index is 1030. The number of anilines is 1. The first-order valence-corrected chi connectivity index (χ1v) is 7.81. The number of fused-ring (bicyclic) bond motifs is 1. The van der Waals surface area contributed by atoms with Gasteiger partial charge in [-0.1, -0.05) is 6.07 Å². The van der Waals surface area contributed by atoms with Crippen LogP contribution in [0.5, 0.6) is 0 Å². The number of hydrogen-bond donors (Lipinski definition) is 1. The second-order valence-electron chi connectivity index (χ2n) is 5.18. The molecule has 0 bridgehead atoms. The third-order valence-electron chi connectivity index (χ3n) is 3.58. The Balaban J connectivity index is 1.62.